The highest BCUT2D eigenvalue weighted by Gasteiger charge is 2.13. The van der Waals surface area contributed by atoms with Gasteiger partial charge < -0.3 is 15.2 Å². The van der Waals surface area contributed by atoms with Crippen LogP contribution < -0.4 is 10.6 Å². The molecule has 1 aromatic carbocycles. The lowest BCUT2D eigenvalue weighted by molar-refractivity contribution is 0.251. The van der Waals surface area contributed by atoms with Crippen molar-refractivity contribution in [2.45, 2.75) is 20.4 Å². The van der Waals surface area contributed by atoms with E-state index in [0.717, 1.165) is 39.4 Å². The number of aryl methyl sites for hydroxylation is 2. The number of aromatic nitrogens is 4. The fourth-order valence-corrected chi connectivity index (χ4v) is 3.21. The molecule has 4 aromatic rings. The molecule has 0 atom stereocenters. The Morgan fingerprint density at radius 3 is 2.72 bits per heavy atom. The maximum Gasteiger partial charge on any atom is 0.319 e. The number of carbonyl (C=O) groups is 1. The molecule has 0 aliphatic heterocycles. The third-order valence-corrected chi connectivity index (χ3v) is 4.70. The number of hydrogen-bond acceptors (Lipinski definition) is 4. The van der Waals surface area contributed by atoms with E-state index in [0.29, 0.717) is 13.1 Å². The Bertz CT molecular complexity index is 1150. The molecule has 3 heterocycles. The van der Waals surface area contributed by atoms with Gasteiger partial charge in [-0.2, -0.15) is 0 Å². The largest absolute Gasteiger partial charge is 0.336 e. The average Bonchev–Trinajstić information content (AvgIpc) is 3.10. The molecule has 0 fully saturated rings. The van der Waals surface area contributed by atoms with Crippen LogP contribution in [0.4, 0.5) is 10.5 Å². The molecule has 3 aromatic heterocycles. The molecule has 146 valence electrons. The second-order valence-corrected chi connectivity index (χ2v) is 6.87. The monoisotopic (exact) mass is 386 g/mol. The van der Waals surface area contributed by atoms with E-state index in [1.54, 1.807) is 18.6 Å². The SMILES string of the molecule is Cc1ccc(C)c(NC(=O)NCCn2c(-c3ccncc3)nc3cccnc32)c1. The summed E-state index contributed by atoms with van der Waals surface area (Å²) < 4.78 is 2.02. The van der Waals surface area contributed by atoms with Crippen LogP contribution >= 0.6 is 0 Å². The molecule has 2 amide bonds. The van der Waals surface area contributed by atoms with Crippen molar-refractivity contribution in [3.8, 4) is 11.4 Å². The number of rotatable bonds is 5. The second kappa shape index (κ2) is 8.10. The Labute approximate surface area is 168 Å². The molecule has 0 saturated heterocycles. The van der Waals surface area contributed by atoms with Gasteiger partial charge in [0, 0.05) is 42.9 Å². The van der Waals surface area contributed by atoms with Crippen LogP contribution in [-0.4, -0.2) is 32.1 Å². The molecular formula is C22H22N6O. The second-order valence-electron chi connectivity index (χ2n) is 6.87. The minimum absolute atomic E-state index is 0.235. The Balaban J connectivity index is 1.50. The summed E-state index contributed by atoms with van der Waals surface area (Å²) in [6, 6.07) is 13.4. The summed E-state index contributed by atoms with van der Waals surface area (Å²) in [5.74, 6) is 0.804. The molecule has 7 nitrogen and oxygen atoms in total. The molecule has 0 radical (unpaired) electrons. The zero-order valence-corrected chi connectivity index (χ0v) is 16.4. The van der Waals surface area contributed by atoms with E-state index in [2.05, 4.69) is 20.6 Å². The number of fused-ring (bicyclic) bond motifs is 1. The van der Waals surface area contributed by atoms with Crippen molar-refractivity contribution in [1.82, 2.24) is 24.8 Å². The van der Waals surface area contributed by atoms with Crippen molar-refractivity contribution in [3.63, 3.8) is 0 Å². The summed E-state index contributed by atoms with van der Waals surface area (Å²) in [5.41, 5.74) is 5.50. The first-order valence-corrected chi connectivity index (χ1v) is 9.45. The Morgan fingerprint density at radius 2 is 1.90 bits per heavy atom. The molecule has 0 aliphatic carbocycles. The minimum Gasteiger partial charge on any atom is -0.336 e. The quantitative estimate of drug-likeness (QED) is 0.544. The summed E-state index contributed by atoms with van der Waals surface area (Å²) in [4.78, 5) is 25.6. The summed E-state index contributed by atoms with van der Waals surface area (Å²) in [6.07, 6.45) is 5.22. The first-order chi connectivity index (χ1) is 14.1. The van der Waals surface area contributed by atoms with Gasteiger partial charge in [-0.1, -0.05) is 12.1 Å². The maximum absolute atomic E-state index is 12.4. The number of nitrogens with zero attached hydrogens (tertiary/aromatic N) is 4. The highest BCUT2D eigenvalue weighted by atomic mass is 16.2. The van der Waals surface area contributed by atoms with E-state index in [-0.39, 0.29) is 6.03 Å². The highest BCUT2D eigenvalue weighted by Crippen LogP contribution is 2.22. The number of anilines is 1. The third kappa shape index (κ3) is 4.08. The summed E-state index contributed by atoms with van der Waals surface area (Å²) in [5, 5.41) is 5.84. The number of imidazole rings is 1. The van der Waals surface area contributed by atoms with Crippen LogP contribution in [0, 0.1) is 13.8 Å². The molecule has 2 N–H and O–H groups in total. The van der Waals surface area contributed by atoms with Crippen LogP contribution in [0.2, 0.25) is 0 Å². The number of nitrogens with one attached hydrogen (secondary N) is 2. The number of pyridine rings is 2. The summed E-state index contributed by atoms with van der Waals surface area (Å²) in [7, 11) is 0. The van der Waals surface area contributed by atoms with Gasteiger partial charge in [-0.25, -0.2) is 14.8 Å². The Hall–Kier alpha value is -3.74. The fraction of sp³-hybridized carbons (Fsp3) is 0.182. The van der Waals surface area contributed by atoms with Crippen LogP contribution in [0.1, 0.15) is 11.1 Å². The van der Waals surface area contributed by atoms with E-state index < -0.39 is 0 Å². The molecular weight excluding hydrogens is 364 g/mol. The van der Waals surface area contributed by atoms with E-state index in [1.807, 2.05) is 60.9 Å². The first-order valence-electron chi connectivity index (χ1n) is 9.45. The van der Waals surface area contributed by atoms with Gasteiger partial charge in [-0.05, 0) is 55.3 Å². The normalized spacial score (nSPS) is 10.8. The molecule has 4 rings (SSSR count). The Morgan fingerprint density at radius 1 is 1.07 bits per heavy atom. The summed E-state index contributed by atoms with van der Waals surface area (Å²) in [6.45, 7) is 4.96. The lowest BCUT2D eigenvalue weighted by Gasteiger charge is -2.12. The molecule has 0 saturated carbocycles. The maximum atomic E-state index is 12.4. The standard InChI is InChI=1S/C22H22N6O/c1-15-5-6-16(2)19(14-15)27-22(29)25-12-13-28-20(17-7-10-23-11-8-17)26-18-4-3-9-24-21(18)28/h3-11,14H,12-13H2,1-2H3,(H2,25,27,29). The smallest absolute Gasteiger partial charge is 0.319 e. The molecule has 0 spiro atoms. The van der Waals surface area contributed by atoms with Gasteiger partial charge in [0.25, 0.3) is 0 Å². The Kier molecular flexibility index (Phi) is 5.20. The highest BCUT2D eigenvalue weighted by molar-refractivity contribution is 5.90. The van der Waals surface area contributed by atoms with Gasteiger partial charge in [-0.3, -0.25) is 4.98 Å². The lowest BCUT2D eigenvalue weighted by Crippen LogP contribution is -2.31. The van der Waals surface area contributed by atoms with Crippen LogP contribution in [0.5, 0.6) is 0 Å². The van der Waals surface area contributed by atoms with Crippen molar-refractivity contribution >= 4 is 22.9 Å². The van der Waals surface area contributed by atoms with E-state index in [9.17, 15) is 4.79 Å². The first kappa shape index (κ1) is 18.6. The third-order valence-electron chi connectivity index (χ3n) is 4.70. The molecule has 0 unspecified atom stereocenters. The number of carbonyl (C=O) groups excluding carboxylic acids is 1. The zero-order valence-electron chi connectivity index (χ0n) is 16.4. The van der Waals surface area contributed by atoms with Crippen molar-refractivity contribution in [2.24, 2.45) is 0 Å². The number of hydrogen-bond donors (Lipinski definition) is 2. The predicted octanol–water partition coefficient (Wildman–Crippen LogP) is 3.93. The zero-order chi connectivity index (χ0) is 20.2. The van der Waals surface area contributed by atoms with Crippen molar-refractivity contribution in [1.29, 1.82) is 0 Å². The van der Waals surface area contributed by atoms with E-state index >= 15 is 0 Å². The molecule has 0 bridgehead atoms. The number of urea groups is 1. The van der Waals surface area contributed by atoms with Crippen LogP contribution in [0.25, 0.3) is 22.6 Å². The summed E-state index contributed by atoms with van der Waals surface area (Å²) >= 11 is 0. The van der Waals surface area contributed by atoms with E-state index in [1.165, 1.54) is 0 Å². The van der Waals surface area contributed by atoms with Gasteiger partial charge >= 0.3 is 6.03 Å². The predicted molar refractivity (Wildman–Crippen MR) is 114 cm³/mol. The topological polar surface area (TPSA) is 84.7 Å². The van der Waals surface area contributed by atoms with Crippen LogP contribution in [0.3, 0.4) is 0 Å². The van der Waals surface area contributed by atoms with Gasteiger partial charge in [-0.15, -0.1) is 0 Å². The molecule has 29 heavy (non-hydrogen) atoms. The molecule has 0 aliphatic rings. The average molecular weight is 386 g/mol. The van der Waals surface area contributed by atoms with Gasteiger partial charge in [0.05, 0.1) is 0 Å². The van der Waals surface area contributed by atoms with Crippen molar-refractivity contribution < 1.29 is 4.79 Å². The number of amides is 2. The van der Waals surface area contributed by atoms with Gasteiger partial charge in [0.1, 0.15) is 11.3 Å². The lowest BCUT2D eigenvalue weighted by atomic mass is 10.1. The van der Waals surface area contributed by atoms with Gasteiger partial charge in [0.2, 0.25) is 0 Å². The minimum atomic E-state index is -0.235. The van der Waals surface area contributed by atoms with Gasteiger partial charge in [0.15, 0.2) is 5.65 Å². The van der Waals surface area contributed by atoms with Crippen molar-refractivity contribution in [3.05, 3.63) is 72.2 Å². The van der Waals surface area contributed by atoms with E-state index in [4.69, 9.17) is 4.98 Å². The van der Waals surface area contributed by atoms with Crippen molar-refractivity contribution in [2.75, 3.05) is 11.9 Å². The number of benzene rings is 1. The van der Waals surface area contributed by atoms with Crippen LogP contribution in [0.15, 0.2) is 61.1 Å². The van der Waals surface area contributed by atoms with Crippen LogP contribution in [-0.2, 0) is 6.54 Å². The molecule has 7 heteroatoms. The fourth-order valence-electron chi connectivity index (χ4n) is 3.21.